The Kier molecular flexibility index (Phi) is 3.06. The van der Waals surface area contributed by atoms with Gasteiger partial charge in [-0.3, -0.25) is 0 Å². The number of hydrogen-bond acceptors (Lipinski definition) is 2. The van der Waals surface area contributed by atoms with Gasteiger partial charge in [-0.2, -0.15) is 0 Å². The summed E-state index contributed by atoms with van der Waals surface area (Å²) >= 11 is 3.40. The third-order valence-electron chi connectivity index (χ3n) is 2.24. The normalized spacial score (nSPS) is 10.3. The number of hydrogen-bond donors (Lipinski definition) is 2. The van der Waals surface area contributed by atoms with Crippen LogP contribution in [0.5, 0.6) is 0 Å². The maximum absolute atomic E-state index is 4.22. The van der Waals surface area contributed by atoms with Crippen LogP contribution in [0.1, 0.15) is 11.4 Å². The Morgan fingerprint density at radius 2 is 2.07 bits per heavy atom. The zero-order valence-corrected chi connectivity index (χ0v) is 10.0. The minimum absolute atomic E-state index is 0.747. The first kappa shape index (κ1) is 10.2. The highest BCUT2D eigenvalue weighted by atomic mass is 79.9. The summed E-state index contributed by atoms with van der Waals surface area (Å²) in [4.78, 5) is 7.28. The molecule has 0 spiro atoms. The van der Waals surface area contributed by atoms with E-state index in [2.05, 4.69) is 31.2 Å². The quantitative estimate of drug-likeness (QED) is 0.896. The fourth-order valence-electron chi connectivity index (χ4n) is 1.32. The molecular formula is C11H12BrN3. The summed E-state index contributed by atoms with van der Waals surface area (Å²) in [5.41, 5.74) is 3.26. The van der Waals surface area contributed by atoms with Crippen LogP contribution >= 0.6 is 15.9 Å². The number of benzene rings is 1. The first-order chi connectivity index (χ1) is 7.25. The highest BCUT2D eigenvalue weighted by Crippen LogP contribution is 2.15. The minimum atomic E-state index is 0.747. The second kappa shape index (κ2) is 4.49. The first-order valence-corrected chi connectivity index (χ1v) is 5.53. The van der Waals surface area contributed by atoms with Crippen LogP contribution in [-0.2, 0) is 6.54 Å². The topological polar surface area (TPSA) is 40.7 Å². The number of nitrogens with one attached hydrogen (secondary N) is 2. The van der Waals surface area contributed by atoms with Crippen LogP contribution in [-0.4, -0.2) is 9.97 Å². The number of aromatic amines is 1. The molecule has 4 heteroatoms. The van der Waals surface area contributed by atoms with Gasteiger partial charge in [-0.25, -0.2) is 4.98 Å². The van der Waals surface area contributed by atoms with Crippen molar-refractivity contribution in [2.45, 2.75) is 13.5 Å². The summed E-state index contributed by atoms with van der Waals surface area (Å²) < 4.78 is 1.09. The Labute approximate surface area is 97.1 Å². The van der Waals surface area contributed by atoms with E-state index in [1.807, 2.05) is 31.2 Å². The van der Waals surface area contributed by atoms with E-state index in [4.69, 9.17) is 0 Å². The molecule has 2 N–H and O–H groups in total. The van der Waals surface area contributed by atoms with Gasteiger partial charge >= 0.3 is 0 Å². The SMILES string of the molecule is Cc1[nH]cnc1CNc1ccc(Br)cc1. The van der Waals surface area contributed by atoms with Crippen molar-refractivity contribution in [3.05, 3.63) is 46.5 Å². The monoisotopic (exact) mass is 265 g/mol. The number of anilines is 1. The van der Waals surface area contributed by atoms with Crippen molar-refractivity contribution >= 4 is 21.6 Å². The molecule has 2 aromatic rings. The lowest BCUT2D eigenvalue weighted by Gasteiger charge is -2.04. The van der Waals surface area contributed by atoms with Crippen LogP contribution < -0.4 is 5.32 Å². The molecule has 0 bridgehead atoms. The molecule has 0 aliphatic rings. The van der Waals surface area contributed by atoms with Gasteiger partial charge in [-0.1, -0.05) is 15.9 Å². The molecule has 0 aliphatic heterocycles. The fraction of sp³-hybridized carbons (Fsp3) is 0.182. The van der Waals surface area contributed by atoms with Crippen molar-refractivity contribution in [1.82, 2.24) is 9.97 Å². The van der Waals surface area contributed by atoms with Gasteiger partial charge in [0.2, 0.25) is 0 Å². The Balaban J connectivity index is 1.99. The third-order valence-corrected chi connectivity index (χ3v) is 2.77. The molecular weight excluding hydrogens is 254 g/mol. The van der Waals surface area contributed by atoms with Crippen LogP contribution in [0.25, 0.3) is 0 Å². The molecule has 0 saturated carbocycles. The third kappa shape index (κ3) is 2.59. The lowest BCUT2D eigenvalue weighted by molar-refractivity contribution is 1.05. The van der Waals surface area contributed by atoms with Crippen LogP contribution in [0, 0.1) is 6.92 Å². The number of aromatic nitrogens is 2. The Hall–Kier alpha value is -1.29. The lowest BCUT2D eigenvalue weighted by atomic mass is 10.3. The molecule has 3 nitrogen and oxygen atoms in total. The van der Waals surface area contributed by atoms with Crippen LogP contribution in [0.2, 0.25) is 0 Å². The smallest absolute Gasteiger partial charge is 0.0925 e. The van der Waals surface area contributed by atoms with Gasteiger partial charge in [0, 0.05) is 15.9 Å². The molecule has 15 heavy (non-hydrogen) atoms. The van der Waals surface area contributed by atoms with Gasteiger partial charge in [0.05, 0.1) is 18.6 Å². The predicted octanol–water partition coefficient (Wildman–Crippen LogP) is 3.09. The summed E-state index contributed by atoms with van der Waals surface area (Å²) in [6.07, 6.45) is 1.72. The van der Waals surface area contributed by atoms with Crippen molar-refractivity contribution < 1.29 is 0 Å². The molecule has 78 valence electrons. The van der Waals surface area contributed by atoms with Gasteiger partial charge < -0.3 is 10.3 Å². The van der Waals surface area contributed by atoms with Gasteiger partial charge in [0.25, 0.3) is 0 Å². The van der Waals surface area contributed by atoms with E-state index in [0.717, 1.165) is 28.1 Å². The summed E-state index contributed by atoms with van der Waals surface area (Å²) in [7, 11) is 0. The molecule has 0 fully saturated rings. The Bertz CT molecular complexity index is 433. The van der Waals surface area contributed by atoms with E-state index < -0.39 is 0 Å². The van der Waals surface area contributed by atoms with E-state index in [0.29, 0.717) is 0 Å². The zero-order valence-electron chi connectivity index (χ0n) is 8.42. The van der Waals surface area contributed by atoms with Crippen LogP contribution in [0.15, 0.2) is 35.1 Å². The second-order valence-electron chi connectivity index (χ2n) is 3.33. The van der Waals surface area contributed by atoms with Gasteiger partial charge in [-0.15, -0.1) is 0 Å². The molecule has 0 atom stereocenters. The average molecular weight is 266 g/mol. The first-order valence-electron chi connectivity index (χ1n) is 4.74. The number of H-pyrrole nitrogens is 1. The summed E-state index contributed by atoms with van der Waals surface area (Å²) in [5, 5.41) is 3.31. The second-order valence-corrected chi connectivity index (χ2v) is 4.25. The van der Waals surface area contributed by atoms with Gasteiger partial charge in [0.15, 0.2) is 0 Å². The van der Waals surface area contributed by atoms with Crippen molar-refractivity contribution in [1.29, 1.82) is 0 Å². The number of imidazole rings is 1. The van der Waals surface area contributed by atoms with Crippen molar-refractivity contribution in [3.63, 3.8) is 0 Å². The lowest BCUT2D eigenvalue weighted by Crippen LogP contribution is -2.00. The predicted molar refractivity (Wildman–Crippen MR) is 64.8 cm³/mol. The zero-order chi connectivity index (χ0) is 10.7. The molecule has 0 unspecified atom stereocenters. The largest absolute Gasteiger partial charge is 0.379 e. The van der Waals surface area contributed by atoms with Crippen molar-refractivity contribution in [2.75, 3.05) is 5.32 Å². The number of aryl methyl sites for hydroxylation is 1. The fourth-order valence-corrected chi connectivity index (χ4v) is 1.58. The van der Waals surface area contributed by atoms with Crippen molar-refractivity contribution in [3.8, 4) is 0 Å². The Morgan fingerprint density at radius 1 is 1.33 bits per heavy atom. The maximum Gasteiger partial charge on any atom is 0.0925 e. The highest BCUT2D eigenvalue weighted by molar-refractivity contribution is 9.10. The van der Waals surface area contributed by atoms with Gasteiger partial charge in [-0.05, 0) is 31.2 Å². The van der Waals surface area contributed by atoms with E-state index >= 15 is 0 Å². The minimum Gasteiger partial charge on any atom is -0.379 e. The number of nitrogens with zero attached hydrogens (tertiary/aromatic N) is 1. The maximum atomic E-state index is 4.22. The average Bonchev–Trinajstić information content (AvgIpc) is 2.63. The van der Waals surface area contributed by atoms with Crippen LogP contribution in [0.3, 0.4) is 0 Å². The standard InChI is InChI=1S/C11H12BrN3/c1-8-11(15-7-14-8)6-13-10-4-2-9(12)3-5-10/h2-5,7,13H,6H2,1H3,(H,14,15). The summed E-state index contributed by atoms with van der Waals surface area (Å²) in [6.45, 7) is 2.77. The molecule has 1 aromatic heterocycles. The van der Waals surface area contributed by atoms with Crippen molar-refractivity contribution in [2.24, 2.45) is 0 Å². The van der Waals surface area contributed by atoms with E-state index in [-0.39, 0.29) is 0 Å². The highest BCUT2D eigenvalue weighted by Gasteiger charge is 1.99. The molecule has 2 rings (SSSR count). The molecule has 0 amide bonds. The molecule has 1 heterocycles. The van der Waals surface area contributed by atoms with Gasteiger partial charge in [0.1, 0.15) is 0 Å². The molecule has 0 aliphatic carbocycles. The number of halogens is 1. The van der Waals surface area contributed by atoms with E-state index in [1.165, 1.54) is 0 Å². The Morgan fingerprint density at radius 3 is 2.67 bits per heavy atom. The summed E-state index contributed by atoms with van der Waals surface area (Å²) in [6, 6.07) is 8.09. The summed E-state index contributed by atoms with van der Waals surface area (Å²) in [5.74, 6) is 0. The van der Waals surface area contributed by atoms with E-state index in [9.17, 15) is 0 Å². The molecule has 0 saturated heterocycles. The molecule has 0 radical (unpaired) electrons. The molecule has 1 aromatic carbocycles. The van der Waals surface area contributed by atoms with E-state index in [1.54, 1.807) is 6.33 Å². The van der Waals surface area contributed by atoms with Crippen LogP contribution in [0.4, 0.5) is 5.69 Å². The number of rotatable bonds is 3.